The predicted octanol–water partition coefficient (Wildman–Crippen LogP) is 2.48. The largest absolute Gasteiger partial charge is 0.374 e. The number of benzene rings is 1. The second-order valence-corrected chi connectivity index (χ2v) is 6.28. The zero-order chi connectivity index (χ0) is 14.5. The van der Waals surface area contributed by atoms with Gasteiger partial charge in [-0.1, -0.05) is 38.1 Å². The van der Waals surface area contributed by atoms with Crippen LogP contribution in [0.15, 0.2) is 24.3 Å². The van der Waals surface area contributed by atoms with Crippen molar-refractivity contribution in [1.29, 1.82) is 0 Å². The zero-order valence-electron chi connectivity index (χ0n) is 13.2. The van der Waals surface area contributed by atoms with Crippen LogP contribution in [-0.2, 0) is 11.2 Å². The number of rotatable bonds is 5. The average Bonchev–Trinajstić information content (AvgIpc) is 2.39. The van der Waals surface area contributed by atoms with Crippen LogP contribution in [-0.4, -0.2) is 44.8 Å². The lowest BCUT2D eigenvalue weighted by atomic mass is 9.95. The van der Waals surface area contributed by atoms with Gasteiger partial charge >= 0.3 is 0 Å². The Hall–Kier alpha value is -0.900. The lowest BCUT2D eigenvalue weighted by Crippen LogP contribution is -2.46. The Bertz CT molecular complexity index is 419. The van der Waals surface area contributed by atoms with E-state index >= 15 is 0 Å². The number of morpholine rings is 1. The van der Waals surface area contributed by atoms with Gasteiger partial charge in [0.1, 0.15) is 0 Å². The van der Waals surface area contributed by atoms with Crippen molar-refractivity contribution in [2.24, 2.45) is 5.92 Å². The van der Waals surface area contributed by atoms with Crippen LogP contribution in [0.2, 0.25) is 0 Å². The molecule has 0 aromatic heterocycles. The van der Waals surface area contributed by atoms with Crippen molar-refractivity contribution in [2.45, 2.75) is 32.4 Å². The minimum absolute atomic E-state index is 0.230. The van der Waals surface area contributed by atoms with Crippen LogP contribution >= 0.6 is 0 Å². The lowest BCUT2D eigenvalue weighted by Gasteiger charge is -2.35. The molecule has 1 heterocycles. The SMILES string of the molecule is CNC(c1cccc(CC(C)C)c1)C1CN(C)CCO1. The smallest absolute Gasteiger partial charge is 0.0896 e. The highest BCUT2D eigenvalue weighted by Gasteiger charge is 2.27. The average molecular weight is 276 g/mol. The van der Waals surface area contributed by atoms with E-state index in [2.05, 4.69) is 55.4 Å². The lowest BCUT2D eigenvalue weighted by molar-refractivity contribution is -0.0380. The van der Waals surface area contributed by atoms with Crippen LogP contribution in [0.4, 0.5) is 0 Å². The minimum Gasteiger partial charge on any atom is -0.374 e. The van der Waals surface area contributed by atoms with E-state index < -0.39 is 0 Å². The summed E-state index contributed by atoms with van der Waals surface area (Å²) in [7, 11) is 4.19. The molecule has 0 radical (unpaired) electrons. The first kappa shape index (κ1) is 15.5. The van der Waals surface area contributed by atoms with Crippen molar-refractivity contribution in [3.8, 4) is 0 Å². The number of hydrogen-bond acceptors (Lipinski definition) is 3. The molecule has 20 heavy (non-hydrogen) atoms. The van der Waals surface area contributed by atoms with Gasteiger partial charge in [0.15, 0.2) is 0 Å². The van der Waals surface area contributed by atoms with Gasteiger partial charge in [-0.3, -0.25) is 0 Å². The standard InChI is InChI=1S/C17H28N2O/c1-13(2)10-14-6-5-7-15(11-14)17(18-3)16-12-19(4)8-9-20-16/h5-7,11,13,16-18H,8-10,12H2,1-4H3. The summed E-state index contributed by atoms with van der Waals surface area (Å²) in [6.45, 7) is 7.37. The fraction of sp³-hybridized carbons (Fsp3) is 0.647. The Kier molecular flexibility index (Phi) is 5.58. The van der Waals surface area contributed by atoms with Crippen molar-refractivity contribution in [3.63, 3.8) is 0 Å². The Morgan fingerprint density at radius 3 is 2.85 bits per heavy atom. The molecule has 0 saturated carbocycles. The molecule has 1 fully saturated rings. The molecular weight excluding hydrogens is 248 g/mol. The van der Waals surface area contributed by atoms with Gasteiger partial charge in [-0.05, 0) is 37.6 Å². The summed E-state index contributed by atoms with van der Waals surface area (Å²) in [4.78, 5) is 2.34. The monoisotopic (exact) mass is 276 g/mol. The number of nitrogens with one attached hydrogen (secondary N) is 1. The molecule has 2 unspecified atom stereocenters. The quantitative estimate of drug-likeness (QED) is 0.894. The molecule has 2 atom stereocenters. The molecule has 0 amide bonds. The Balaban J connectivity index is 2.14. The Labute approximate surface area is 123 Å². The minimum atomic E-state index is 0.230. The summed E-state index contributed by atoms with van der Waals surface area (Å²) in [6.07, 6.45) is 1.36. The van der Waals surface area contributed by atoms with Crippen LogP contribution in [0.1, 0.15) is 31.0 Å². The number of hydrogen-bond donors (Lipinski definition) is 1. The van der Waals surface area contributed by atoms with Crippen LogP contribution in [0, 0.1) is 5.92 Å². The number of likely N-dealkylation sites (N-methyl/N-ethyl adjacent to an activating group) is 2. The molecule has 1 aromatic carbocycles. The fourth-order valence-electron chi connectivity index (χ4n) is 2.96. The summed E-state index contributed by atoms with van der Waals surface area (Å²) in [5, 5.41) is 3.44. The maximum Gasteiger partial charge on any atom is 0.0896 e. The summed E-state index contributed by atoms with van der Waals surface area (Å²) < 4.78 is 5.97. The molecule has 1 aliphatic rings. The highest BCUT2D eigenvalue weighted by molar-refractivity contribution is 5.27. The molecule has 0 bridgehead atoms. The van der Waals surface area contributed by atoms with E-state index in [0.717, 1.165) is 26.1 Å². The summed E-state index contributed by atoms with van der Waals surface area (Å²) in [5.74, 6) is 0.690. The van der Waals surface area contributed by atoms with E-state index in [1.807, 2.05) is 7.05 Å². The third-order valence-corrected chi connectivity index (χ3v) is 3.93. The first-order valence-corrected chi connectivity index (χ1v) is 7.66. The second kappa shape index (κ2) is 7.21. The highest BCUT2D eigenvalue weighted by atomic mass is 16.5. The Morgan fingerprint density at radius 1 is 1.40 bits per heavy atom. The van der Waals surface area contributed by atoms with Crippen molar-refractivity contribution in [3.05, 3.63) is 35.4 Å². The van der Waals surface area contributed by atoms with Crippen LogP contribution in [0.25, 0.3) is 0 Å². The van der Waals surface area contributed by atoms with E-state index in [1.54, 1.807) is 0 Å². The van der Waals surface area contributed by atoms with Gasteiger partial charge in [0.25, 0.3) is 0 Å². The van der Waals surface area contributed by atoms with Crippen molar-refractivity contribution < 1.29 is 4.74 Å². The van der Waals surface area contributed by atoms with E-state index in [0.29, 0.717) is 5.92 Å². The molecule has 3 heteroatoms. The van der Waals surface area contributed by atoms with Gasteiger partial charge in [-0.25, -0.2) is 0 Å². The first-order chi connectivity index (χ1) is 9.60. The van der Waals surface area contributed by atoms with Gasteiger partial charge in [0.05, 0.1) is 18.8 Å². The maximum absolute atomic E-state index is 5.97. The molecule has 1 saturated heterocycles. The van der Waals surface area contributed by atoms with Gasteiger partial charge in [-0.2, -0.15) is 0 Å². The molecule has 112 valence electrons. The van der Waals surface area contributed by atoms with Crippen LogP contribution in [0.3, 0.4) is 0 Å². The second-order valence-electron chi connectivity index (χ2n) is 6.28. The zero-order valence-corrected chi connectivity index (χ0v) is 13.2. The molecular formula is C17H28N2O. The molecule has 0 spiro atoms. The maximum atomic E-state index is 5.97. The molecule has 0 aliphatic carbocycles. The predicted molar refractivity (Wildman–Crippen MR) is 84.0 cm³/mol. The first-order valence-electron chi connectivity index (χ1n) is 7.66. The molecule has 3 nitrogen and oxygen atoms in total. The van der Waals surface area contributed by atoms with Gasteiger partial charge in [-0.15, -0.1) is 0 Å². The van der Waals surface area contributed by atoms with E-state index in [1.165, 1.54) is 11.1 Å². The van der Waals surface area contributed by atoms with E-state index in [4.69, 9.17) is 4.74 Å². The molecule has 1 aromatic rings. The van der Waals surface area contributed by atoms with Crippen LogP contribution in [0.5, 0.6) is 0 Å². The molecule has 1 aliphatic heterocycles. The van der Waals surface area contributed by atoms with Gasteiger partial charge in [0.2, 0.25) is 0 Å². The van der Waals surface area contributed by atoms with E-state index in [-0.39, 0.29) is 12.1 Å². The topological polar surface area (TPSA) is 24.5 Å². The van der Waals surface area contributed by atoms with Gasteiger partial charge in [0, 0.05) is 13.1 Å². The summed E-state index contributed by atoms with van der Waals surface area (Å²) >= 11 is 0. The normalized spacial score (nSPS) is 22.1. The third-order valence-electron chi connectivity index (χ3n) is 3.93. The van der Waals surface area contributed by atoms with Gasteiger partial charge < -0.3 is 15.0 Å². The number of nitrogens with zero attached hydrogens (tertiary/aromatic N) is 1. The Morgan fingerprint density at radius 2 is 2.20 bits per heavy atom. The molecule has 2 rings (SSSR count). The van der Waals surface area contributed by atoms with Crippen molar-refractivity contribution >= 4 is 0 Å². The third kappa shape index (κ3) is 4.05. The highest BCUT2D eigenvalue weighted by Crippen LogP contribution is 2.23. The van der Waals surface area contributed by atoms with Crippen molar-refractivity contribution in [1.82, 2.24) is 10.2 Å². The van der Waals surface area contributed by atoms with E-state index in [9.17, 15) is 0 Å². The molecule has 1 N–H and O–H groups in total. The summed E-state index contributed by atoms with van der Waals surface area (Å²) in [5.41, 5.74) is 2.76. The van der Waals surface area contributed by atoms with Crippen LogP contribution < -0.4 is 5.32 Å². The summed E-state index contributed by atoms with van der Waals surface area (Å²) in [6, 6.07) is 9.21. The van der Waals surface area contributed by atoms with Crippen molar-refractivity contribution in [2.75, 3.05) is 33.8 Å². The fourth-order valence-corrected chi connectivity index (χ4v) is 2.96. The number of ether oxygens (including phenoxy) is 1.